The number of ether oxygens (including phenoxy) is 2. The molecule has 10 nitrogen and oxygen atoms in total. The lowest BCUT2D eigenvalue weighted by atomic mass is 9.96. The van der Waals surface area contributed by atoms with E-state index < -0.39 is 5.97 Å². The summed E-state index contributed by atoms with van der Waals surface area (Å²) in [6, 6.07) is 15.5. The molecule has 0 spiro atoms. The van der Waals surface area contributed by atoms with Gasteiger partial charge in [0.05, 0.1) is 25.3 Å². The van der Waals surface area contributed by atoms with Gasteiger partial charge >= 0.3 is 11.9 Å². The number of esters is 2. The summed E-state index contributed by atoms with van der Waals surface area (Å²) in [5.41, 5.74) is 8.17. The fourth-order valence-electron chi connectivity index (χ4n) is 4.04. The molecule has 0 fully saturated rings. The molecule has 176 valence electrons. The number of tetrazole rings is 1. The Balaban J connectivity index is 1.62. The predicted molar refractivity (Wildman–Crippen MR) is 124 cm³/mol. The fourth-order valence-corrected chi connectivity index (χ4v) is 4.04. The fraction of sp³-hybridized carbons (Fsp3) is 0.292. The van der Waals surface area contributed by atoms with E-state index in [1.807, 2.05) is 55.5 Å². The minimum atomic E-state index is -0.424. The molecule has 34 heavy (non-hydrogen) atoms. The molecular weight excluding hydrogens is 436 g/mol. The SMILES string of the molecule is CCOC(=O)CN1NC(C)C(C(=O)OC)=C1Cc1ccc(-c2ccccc2-c2nn[nH]n2)cc1. The normalized spacial score (nSPS) is 15.5. The average Bonchev–Trinajstić information content (AvgIpc) is 3.48. The average molecular weight is 463 g/mol. The second-order valence-electron chi connectivity index (χ2n) is 7.75. The zero-order chi connectivity index (χ0) is 24.1. The molecule has 3 aromatic rings. The number of rotatable bonds is 8. The van der Waals surface area contributed by atoms with Crippen LogP contribution in [0.4, 0.5) is 0 Å². The van der Waals surface area contributed by atoms with Crippen LogP contribution in [0.1, 0.15) is 19.4 Å². The first-order valence-corrected chi connectivity index (χ1v) is 10.9. The van der Waals surface area contributed by atoms with Crippen LogP contribution in [0.25, 0.3) is 22.5 Å². The molecule has 1 aliphatic rings. The highest BCUT2D eigenvalue weighted by Crippen LogP contribution is 2.31. The number of carbonyl (C=O) groups is 2. The van der Waals surface area contributed by atoms with Gasteiger partial charge in [-0.25, -0.2) is 10.2 Å². The number of hydrogen-bond donors (Lipinski definition) is 2. The molecule has 4 rings (SSSR count). The molecule has 0 bridgehead atoms. The zero-order valence-corrected chi connectivity index (χ0v) is 19.2. The van der Waals surface area contributed by atoms with Gasteiger partial charge in [0.2, 0.25) is 5.82 Å². The first kappa shape index (κ1) is 23.1. The number of aromatic amines is 1. The van der Waals surface area contributed by atoms with Crippen molar-refractivity contribution in [3.8, 4) is 22.5 Å². The Morgan fingerprint density at radius 1 is 1.09 bits per heavy atom. The first-order chi connectivity index (χ1) is 16.5. The number of allylic oxidation sites excluding steroid dienone is 1. The van der Waals surface area contributed by atoms with E-state index in [1.54, 1.807) is 11.9 Å². The Bertz CT molecular complexity index is 1190. The van der Waals surface area contributed by atoms with Gasteiger partial charge in [-0.15, -0.1) is 10.2 Å². The third-order valence-electron chi connectivity index (χ3n) is 5.57. The van der Waals surface area contributed by atoms with Gasteiger partial charge in [0.1, 0.15) is 6.54 Å². The van der Waals surface area contributed by atoms with Crippen LogP contribution in [-0.4, -0.2) is 63.9 Å². The molecule has 0 saturated carbocycles. The van der Waals surface area contributed by atoms with Crippen molar-refractivity contribution < 1.29 is 19.1 Å². The van der Waals surface area contributed by atoms with Gasteiger partial charge < -0.3 is 9.47 Å². The highest BCUT2D eigenvalue weighted by atomic mass is 16.5. The molecule has 0 amide bonds. The molecule has 1 atom stereocenters. The van der Waals surface area contributed by atoms with Crippen LogP contribution < -0.4 is 5.43 Å². The molecule has 2 aromatic carbocycles. The standard InChI is InChI=1S/C24H26N6O4/c1-4-34-21(31)14-30-20(22(15(2)27-30)24(32)33-3)13-16-9-11-17(12-10-16)18-7-5-6-8-19(18)23-25-28-29-26-23/h5-12,15,27H,4,13-14H2,1-3H3,(H,25,26,28,29). The van der Waals surface area contributed by atoms with E-state index in [4.69, 9.17) is 9.47 Å². The number of nitrogens with zero attached hydrogens (tertiary/aromatic N) is 4. The number of hydrogen-bond acceptors (Lipinski definition) is 9. The van der Waals surface area contributed by atoms with E-state index in [2.05, 4.69) is 26.0 Å². The smallest absolute Gasteiger partial charge is 0.337 e. The van der Waals surface area contributed by atoms with E-state index in [9.17, 15) is 9.59 Å². The Morgan fingerprint density at radius 2 is 1.82 bits per heavy atom. The lowest BCUT2D eigenvalue weighted by molar-refractivity contribution is -0.144. The molecular formula is C24H26N6O4. The highest BCUT2D eigenvalue weighted by molar-refractivity contribution is 5.91. The van der Waals surface area contributed by atoms with Gasteiger partial charge in [0.15, 0.2) is 0 Å². The summed E-state index contributed by atoms with van der Waals surface area (Å²) in [5, 5.41) is 16.0. The molecule has 1 aromatic heterocycles. The maximum atomic E-state index is 12.5. The quantitative estimate of drug-likeness (QED) is 0.485. The van der Waals surface area contributed by atoms with Crippen molar-refractivity contribution in [2.45, 2.75) is 26.3 Å². The number of methoxy groups -OCH3 is 1. The van der Waals surface area contributed by atoms with Crippen molar-refractivity contribution in [2.75, 3.05) is 20.3 Å². The summed E-state index contributed by atoms with van der Waals surface area (Å²) >= 11 is 0. The van der Waals surface area contributed by atoms with Crippen molar-refractivity contribution in [2.24, 2.45) is 0 Å². The molecule has 0 aliphatic carbocycles. The Morgan fingerprint density at radius 3 is 2.47 bits per heavy atom. The summed E-state index contributed by atoms with van der Waals surface area (Å²) in [5.74, 6) is -0.278. The summed E-state index contributed by atoms with van der Waals surface area (Å²) in [6.45, 7) is 3.89. The largest absolute Gasteiger partial charge is 0.466 e. The van der Waals surface area contributed by atoms with Crippen LogP contribution in [0.3, 0.4) is 0 Å². The Kier molecular flexibility index (Phi) is 6.98. The van der Waals surface area contributed by atoms with E-state index in [1.165, 1.54) is 7.11 Å². The van der Waals surface area contributed by atoms with Crippen molar-refractivity contribution in [3.05, 3.63) is 65.4 Å². The molecule has 2 N–H and O–H groups in total. The topological polar surface area (TPSA) is 122 Å². The van der Waals surface area contributed by atoms with Crippen LogP contribution in [-0.2, 0) is 25.5 Å². The number of H-pyrrole nitrogens is 1. The van der Waals surface area contributed by atoms with Crippen LogP contribution in [0, 0.1) is 0 Å². The van der Waals surface area contributed by atoms with Gasteiger partial charge in [-0.1, -0.05) is 48.5 Å². The number of benzene rings is 2. The van der Waals surface area contributed by atoms with E-state index in [0.717, 1.165) is 22.3 Å². The lowest BCUT2D eigenvalue weighted by Gasteiger charge is -2.22. The van der Waals surface area contributed by atoms with Crippen molar-refractivity contribution >= 4 is 11.9 Å². The Labute approximate surface area is 196 Å². The summed E-state index contributed by atoms with van der Waals surface area (Å²) in [6.07, 6.45) is 0.438. The van der Waals surface area contributed by atoms with Crippen molar-refractivity contribution in [3.63, 3.8) is 0 Å². The van der Waals surface area contributed by atoms with Crippen LogP contribution in [0.5, 0.6) is 0 Å². The zero-order valence-electron chi connectivity index (χ0n) is 19.2. The maximum absolute atomic E-state index is 12.5. The third kappa shape index (κ3) is 4.81. The van der Waals surface area contributed by atoms with E-state index >= 15 is 0 Å². The molecule has 10 heteroatoms. The third-order valence-corrected chi connectivity index (χ3v) is 5.57. The number of hydrazine groups is 1. The van der Waals surface area contributed by atoms with Gasteiger partial charge in [-0.3, -0.25) is 9.80 Å². The van der Waals surface area contributed by atoms with Gasteiger partial charge in [0.25, 0.3) is 0 Å². The summed E-state index contributed by atoms with van der Waals surface area (Å²) < 4.78 is 10.1. The van der Waals surface area contributed by atoms with Crippen LogP contribution in [0.15, 0.2) is 59.8 Å². The predicted octanol–water partition coefficient (Wildman–Crippen LogP) is 2.28. The van der Waals surface area contributed by atoms with Crippen molar-refractivity contribution in [1.29, 1.82) is 0 Å². The molecule has 0 radical (unpaired) electrons. The number of nitrogens with one attached hydrogen (secondary N) is 2. The van der Waals surface area contributed by atoms with Crippen LogP contribution >= 0.6 is 0 Å². The molecule has 0 saturated heterocycles. The number of carbonyl (C=O) groups excluding carboxylic acids is 2. The first-order valence-electron chi connectivity index (χ1n) is 10.9. The maximum Gasteiger partial charge on any atom is 0.337 e. The summed E-state index contributed by atoms with van der Waals surface area (Å²) in [4.78, 5) is 24.6. The lowest BCUT2D eigenvalue weighted by Crippen LogP contribution is -2.40. The van der Waals surface area contributed by atoms with Crippen molar-refractivity contribution in [1.82, 2.24) is 31.1 Å². The minimum Gasteiger partial charge on any atom is -0.466 e. The highest BCUT2D eigenvalue weighted by Gasteiger charge is 2.34. The Hall–Kier alpha value is -4.05. The number of aromatic nitrogens is 4. The van der Waals surface area contributed by atoms with E-state index in [0.29, 0.717) is 23.5 Å². The molecule has 1 unspecified atom stereocenters. The molecule has 2 heterocycles. The molecule has 1 aliphatic heterocycles. The second-order valence-corrected chi connectivity index (χ2v) is 7.75. The van der Waals surface area contributed by atoms with E-state index in [-0.39, 0.29) is 25.2 Å². The van der Waals surface area contributed by atoms with Gasteiger partial charge in [0, 0.05) is 17.7 Å². The summed E-state index contributed by atoms with van der Waals surface area (Å²) in [7, 11) is 1.35. The van der Waals surface area contributed by atoms with Gasteiger partial charge in [-0.2, -0.15) is 5.21 Å². The monoisotopic (exact) mass is 462 g/mol. The van der Waals surface area contributed by atoms with Crippen LogP contribution in [0.2, 0.25) is 0 Å². The minimum absolute atomic E-state index is 0.00976. The van der Waals surface area contributed by atoms with Gasteiger partial charge in [-0.05, 0) is 35.8 Å². The second kappa shape index (κ2) is 10.3.